The molecular formula is C16H27N5O2S. The van der Waals surface area contributed by atoms with Crippen molar-refractivity contribution < 1.29 is 9.53 Å². The molecule has 0 aliphatic carbocycles. The van der Waals surface area contributed by atoms with Crippen molar-refractivity contribution in [1.29, 1.82) is 0 Å². The number of ether oxygens (including phenoxy) is 1. The van der Waals surface area contributed by atoms with Crippen molar-refractivity contribution in [2.24, 2.45) is 4.99 Å². The van der Waals surface area contributed by atoms with E-state index in [4.69, 9.17) is 4.74 Å². The molecule has 0 atom stereocenters. The van der Waals surface area contributed by atoms with Crippen LogP contribution in [-0.2, 0) is 11.3 Å². The van der Waals surface area contributed by atoms with Crippen molar-refractivity contribution in [3.63, 3.8) is 0 Å². The molecule has 1 saturated heterocycles. The summed E-state index contributed by atoms with van der Waals surface area (Å²) < 4.78 is 5.36. The number of aryl methyl sites for hydroxylation is 1. The fourth-order valence-corrected chi connectivity index (χ4v) is 2.89. The van der Waals surface area contributed by atoms with Crippen LogP contribution in [0.5, 0.6) is 0 Å². The first-order chi connectivity index (χ1) is 11.3. The molecule has 8 heteroatoms. The molecule has 2 heterocycles. The van der Waals surface area contributed by atoms with Gasteiger partial charge in [0.25, 0.3) is 0 Å². The van der Waals surface area contributed by atoms with Crippen LogP contribution in [0, 0.1) is 6.92 Å². The molecule has 7 nitrogen and oxygen atoms in total. The van der Waals surface area contributed by atoms with E-state index in [1.54, 1.807) is 16.2 Å². The molecule has 134 valence electrons. The average Bonchev–Trinajstić information content (AvgIpc) is 2.82. The molecule has 2 rings (SSSR count). The highest BCUT2D eigenvalue weighted by Gasteiger charge is 2.34. The zero-order chi connectivity index (χ0) is 17.7. The van der Waals surface area contributed by atoms with Crippen LogP contribution in [0.4, 0.5) is 4.79 Å². The molecule has 1 aliphatic heterocycles. The largest absolute Gasteiger partial charge is 0.444 e. The Bertz CT molecular complexity index is 588. The quantitative estimate of drug-likeness (QED) is 0.640. The van der Waals surface area contributed by atoms with Crippen LogP contribution < -0.4 is 10.6 Å². The van der Waals surface area contributed by atoms with Crippen LogP contribution in [-0.4, -0.2) is 53.2 Å². The second-order valence-electron chi connectivity index (χ2n) is 6.78. The summed E-state index contributed by atoms with van der Waals surface area (Å²) in [6, 6.07) is 0.192. The summed E-state index contributed by atoms with van der Waals surface area (Å²) in [5.41, 5.74) is 2.41. The molecule has 2 N–H and O–H groups in total. The van der Waals surface area contributed by atoms with Gasteiger partial charge < -0.3 is 20.3 Å². The number of carbonyl (C=O) groups is 1. The fraction of sp³-hybridized carbons (Fsp3) is 0.688. The minimum absolute atomic E-state index is 0.192. The van der Waals surface area contributed by atoms with Gasteiger partial charge in [0.05, 0.1) is 23.8 Å². The van der Waals surface area contributed by atoms with Gasteiger partial charge in [0, 0.05) is 24.5 Å². The number of amides is 1. The summed E-state index contributed by atoms with van der Waals surface area (Å²) in [6.07, 6.45) is -0.261. The molecule has 0 aromatic carbocycles. The number of hydrogen-bond donors (Lipinski definition) is 2. The van der Waals surface area contributed by atoms with E-state index in [1.807, 2.05) is 40.1 Å². The smallest absolute Gasteiger partial charge is 0.410 e. The molecule has 1 fully saturated rings. The summed E-state index contributed by atoms with van der Waals surface area (Å²) in [5, 5.41) is 6.59. The lowest BCUT2D eigenvalue weighted by Crippen LogP contribution is -2.63. The molecular weight excluding hydrogens is 326 g/mol. The van der Waals surface area contributed by atoms with Crippen LogP contribution in [0.15, 0.2) is 10.5 Å². The Kier molecular flexibility index (Phi) is 6.04. The lowest BCUT2D eigenvalue weighted by Gasteiger charge is -2.40. The highest BCUT2D eigenvalue weighted by Crippen LogP contribution is 2.16. The van der Waals surface area contributed by atoms with E-state index in [-0.39, 0.29) is 12.1 Å². The summed E-state index contributed by atoms with van der Waals surface area (Å²) in [7, 11) is 0. The molecule has 0 bridgehead atoms. The van der Waals surface area contributed by atoms with Gasteiger partial charge in [-0.2, -0.15) is 0 Å². The van der Waals surface area contributed by atoms with Crippen molar-refractivity contribution in [3.8, 4) is 0 Å². The fourth-order valence-electron chi connectivity index (χ4n) is 2.19. The second-order valence-corrected chi connectivity index (χ2v) is 7.72. The zero-order valence-corrected chi connectivity index (χ0v) is 15.9. The third kappa shape index (κ3) is 5.36. The topological polar surface area (TPSA) is 78.9 Å². The monoisotopic (exact) mass is 353 g/mol. The number of thiazole rings is 1. The third-order valence-electron chi connectivity index (χ3n) is 3.44. The number of aromatic nitrogens is 1. The first kappa shape index (κ1) is 18.5. The maximum atomic E-state index is 11.9. The lowest BCUT2D eigenvalue weighted by molar-refractivity contribution is 0.00701. The number of guanidine groups is 1. The number of likely N-dealkylation sites (tertiary alicyclic amines) is 1. The van der Waals surface area contributed by atoms with Gasteiger partial charge in [0.15, 0.2) is 5.96 Å². The van der Waals surface area contributed by atoms with E-state index < -0.39 is 5.60 Å². The predicted octanol–water partition coefficient (Wildman–Crippen LogP) is 2.13. The van der Waals surface area contributed by atoms with E-state index in [0.717, 1.165) is 23.1 Å². The molecule has 0 unspecified atom stereocenters. The van der Waals surface area contributed by atoms with Gasteiger partial charge in [0.2, 0.25) is 0 Å². The van der Waals surface area contributed by atoms with E-state index in [0.29, 0.717) is 19.6 Å². The maximum absolute atomic E-state index is 11.9. The van der Waals surface area contributed by atoms with E-state index >= 15 is 0 Å². The SMILES string of the molecule is CCNC(=NCc1scnc1C)NC1CN(C(=O)OC(C)(C)C)C1. The molecule has 24 heavy (non-hydrogen) atoms. The lowest BCUT2D eigenvalue weighted by atomic mass is 10.1. The van der Waals surface area contributed by atoms with Crippen LogP contribution >= 0.6 is 11.3 Å². The maximum Gasteiger partial charge on any atom is 0.410 e. The van der Waals surface area contributed by atoms with Gasteiger partial charge in [-0.1, -0.05) is 0 Å². The predicted molar refractivity (Wildman–Crippen MR) is 96.4 cm³/mol. The van der Waals surface area contributed by atoms with Gasteiger partial charge >= 0.3 is 6.09 Å². The Morgan fingerprint density at radius 1 is 1.50 bits per heavy atom. The molecule has 0 spiro atoms. The Morgan fingerprint density at radius 2 is 2.21 bits per heavy atom. The molecule has 0 radical (unpaired) electrons. The van der Waals surface area contributed by atoms with Crippen molar-refractivity contribution >= 4 is 23.4 Å². The number of nitrogens with zero attached hydrogens (tertiary/aromatic N) is 3. The summed E-state index contributed by atoms with van der Waals surface area (Å²) >= 11 is 1.61. The van der Waals surface area contributed by atoms with Crippen LogP contribution in [0.3, 0.4) is 0 Å². The first-order valence-electron chi connectivity index (χ1n) is 8.20. The number of aliphatic imine (C=N–C) groups is 1. The summed E-state index contributed by atoms with van der Waals surface area (Å²) in [4.78, 5) is 23.6. The van der Waals surface area contributed by atoms with Crippen LogP contribution in [0.2, 0.25) is 0 Å². The average molecular weight is 353 g/mol. The standard InChI is InChI=1S/C16H27N5O2S/c1-6-17-14(18-7-13-11(2)19-10-24-13)20-12-8-21(9-12)15(22)23-16(3,4)5/h10,12H,6-9H2,1-5H3,(H2,17,18,20). The third-order valence-corrected chi connectivity index (χ3v) is 4.36. The van der Waals surface area contributed by atoms with Crippen molar-refractivity contribution in [3.05, 3.63) is 16.1 Å². The van der Waals surface area contributed by atoms with Gasteiger partial charge in [-0.3, -0.25) is 0 Å². The highest BCUT2D eigenvalue weighted by molar-refractivity contribution is 7.09. The molecule has 1 aromatic heterocycles. The minimum Gasteiger partial charge on any atom is -0.444 e. The van der Waals surface area contributed by atoms with Crippen LogP contribution in [0.25, 0.3) is 0 Å². The van der Waals surface area contributed by atoms with E-state index in [2.05, 4.69) is 20.6 Å². The van der Waals surface area contributed by atoms with Crippen molar-refractivity contribution in [1.82, 2.24) is 20.5 Å². The van der Waals surface area contributed by atoms with E-state index in [9.17, 15) is 4.79 Å². The Morgan fingerprint density at radius 3 is 2.75 bits per heavy atom. The molecule has 1 aliphatic rings. The normalized spacial score (nSPS) is 15.9. The number of hydrogen-bond acceptors (Lipinski definition) is 5. The molecule has 0 saturated carbocycles. The summed E-state index contributed by atoms with van der Waals surface area (Å²) in [5.74, 6) is 0.763. The van der Waals surface area contributed by atoms with Crippen molar-refractivity contribution in [2.45, 2.75) is 52.8 Å². The minimum atomic E-state index is -0.460. The molecule has 1 amide bonds. The number of nitrogens with one attached hydrogen (secondary N) is 2. The van der Waals surface area contributed by atoms with Crippen LogP contribution in [0.1, 0.15) is 38.3 Å². The number of rotatable bonds is 4. The van der Waals surface area contributed by atoms with Gasteiger partial charge in [-0.15, -0.1) is 11.3 Å². The van der Waals surface area contributed by atoms with Crippen molar-refractivity contribution in [2.75, 3.05) is 19.6 Å². The Labute approximate surface area is 147 Å². The zero-order valence-electron chi connectivity index (χ0n) is 15.0. The Hall–Kier alpha value is -1.83. The second kappa shape index (κ2) is 7.83. The number of carbonyl (C=O) groups excluding carboxylic acids is 1. The Balaban J connectivity index is 1.82. The van der Waals surface area contributed by atoms with Gasteiger partial charge in [0.1, 0.15) is 5.60 Å². The van der Waals surface area contributed by atoms with Gasteiger partial charge in [-0.05, 0) is 34.6 Å². The highest BCUT2D eigenvalue weighted by atomic mass is 32.1. The molecule has 1 aromatic rings. The van der Waals surface area contributed by atoms with Gasteiger partial charge in [-0.25, -0.2) is 14.8 Å². The first-order valence-corrected chi connectivity index (χ1v) is 9.08. The van der Waals surface area contributed by atoms with E-state index in [1.165, 1.54) is 0 Å². The summed E-state index contributed by atoms with van der Waals surface area (Å²) in [6.45, 7) is 12.3.